The van der Waals surface area contributed by atoms with Gasteiger partial charge in [-0.3, -0.25) is 4.90 Å². The molecule has 106 valence electrons. The smallest absolute Gasteiger partial charge is 0.123 e. The minimum Gasteiger partial charge on any atom is -0.329 e. The standard InChI is InChI=1S/C16H25FN2/c1-3-15-8-5-9-19(15)16(2,12-18)11-13-6-4-7-14(17)10-13/h4,6-7,10,15H,3,5,8-9,11-12,18H2,1-2H3. The summed E-state index contributed by atoms with van der Waals surface area (Å²) in [6.07, 6.45) is 4.49. The van der Waals surface area contributed by atoms with E-state index in [0.29, 0.717) is 12.6 Å². The highest BCUT2D eigenvalue weighted by Crippen LogP contribution is 2.30. The Labute approximate surface area is 115 Å². The average Bonchev–Trinajstić information content (AvgIpc) is 2.87. The molecule has 2 atom stereocenters. The summed E-state index contributed by atoms with van der Waals surface area (Å²) in [5.41, 5.74) is 7.03. The van der Waals surface area contributed by atoms with Crippen LogP contribution in [0.15, 0.2) is 24.3 Å². The van der Waals surface area contributed by atoms with E-state index < -0.39 is 0 Å². The predicted molar refractivity (Wildman–Crippen MR) is 77.6 cm³/mol. The van der Waals surface area contributed by atoms with E-state index in [1.54, 1.807) is 12.1 Å². The summed E-state index contributed by atoms with van der Waals surface area (Å²) < 4.78 is 13.3. The highest BCUT2D eigenvalue weighted by Gasteiger charge is 2.37. The van der Waals surface area contributed by atoms with Crippen LogP contribution >= 0.6 is 0 Å². The zero-order chi connectivity index (χ0) is 13.9. The second kappa shape index (κ2) is 6.02. The van der Waals surface area contributed by atoms with Crippen LogP contribution in [-0.4, -0.2) is 29.6 Å². The molecule has 19 heavy (non-hydrogen) atoms. The summed E-state index contributed by atoms with van der Waals surface area (Å²) in [5.74, 6) is -0.162. The monoisotopic (exact) mass is 264 g/mol. The lowest BCUT2D eigenvalue weighted by atomic mass is 9.89. The minimum absolute atomic E-state index is 0.0645. The number of nitrogens with two attached hydrogens (primary N) is 1. The fraction of sp³-hybridized carbons (Fsp3) is 0.625. The highest BCUT2D eigenvalue weighted by atomic mass is 19.1. The highest BCUT2D eigenvalue weighted by molar-refractivity contribution is 5.19. The summed E-state index contributed by atoms with van der Waals surface area (Å²) in [7, 11) is 0. The van der Waals surface area contributed by atoms with Crippen LogP contribution in [0.1, 0.15) is 38.7 Å². The van der Waals surface area contributed by atoms with Gasteiger partial charge in [0.05, 0.1) is 0 Å². The summed E-state index contributed by atoms with van der Waals surface area (Å²) >= 11 is 0. The van der Waals surface area contributed by atoms with Crippen LogP contribution in [0, 0.1) is 5.82 Å². The third-order valence-electron chi connectivity index (χ3n) is 4.46. The normalized spacial score (nSPS) is 23.5. The fourth-order valence-corrected chi connectivity index (χ4v) is 3.35. The van der Waals surface area contributed by atoms with Crippen LogP contribution < -0.4 is 5.73 Å². The van der Waals surface area contributed by atoms with Crippen molar-refractivity contribution < 1.29 is 4.39 Å². The molecule has 1 aromatic rings. The van der Waals surface area contributed by atoms with Gasteiger partial charge in [-0.05, 0) is 56.8 Å². The lowest BCUT2D eigenvalue weighted by Crippen LogP contribution is -2.55. The first-order valence-corrected chi connectivity index (χ1v) is 7.30. The third-order valence-corrected chi connectivity index (χ3v) is 4.46. The quantitative estimate of drug-likeness (QED) is 0.886. The minimum atomic E-state index is -0.162. The van der Waals surface area contributed by atoms with E-state index in [1.165, 1.54) is 25.3 Å². The molecular formula is C16H25FN2. The van der Waals surface area contributed by atoms with Crippen LogP contribution in [0.3, 0.4) is 0 Å². The maximum Gasteiger partial charge on any atom is 0.123 e. The second-order valence-electron chi connectivity index (χ2n) is 5.91. The number of nitrogens with zero attached hydrogens (tertiary/aromatic N) is 1. The molecule has 0 spiro atoms. The molecule has 1 fully saturated rings. The Morgan fingerprint density at radius 3 is 2.89 bits per heavy atom. The van der Waals surface area contributed by atoms with Gasteiger partial charge >= 0.3 is 0 Å². The van der Waals surface area contributed by atoms with Gasteiger partial charge in [-0.1, -0.05) is 19.1 Å². The van der Waals surface area contributed by atoms with E-state index in [0.717, 1.165) is 18.5 Å². The Hall–Kier alpha value is -0.930. The zero-order valence-electron chi connectivity index (χ0n) is 12.0. The number of hydrogen-bond donors (Lipinski definition) is 1. The van der Waals surface area contributed by atoms with Crippen molar-refractivity contribution in [3.05, 3.63) is 35.6 Å². The van der Waals surface area contributed by atoms with Crippen molar-refractivity contribution in [1.29, 1.82) is 0 Å². The molecule has 0 radical (unpaired) electrons. The summed E-state index contributed by atoms with van der Waals surface area (Å²) in [5, 5.41) is 0. The molecule has 0 saturated carbocycles. The van der Waals surface area contributed by atoms with Crippen molar-refractivity contribution in [2.24, 2.45) is 5.73 Å². The molecule has 0 amide bonds. The first-order valence-electron chi connectivity index (χ1n) is 7.30. The molecule has 0 aromatic heterocycles. The lowest BCUT2D eigenvalue weighted by molar-refractivity contribution is 0.0934. The van der Waals surface area contributed by atoms with Gasteiger partial charge < -0.3 is 5.73 Å². The van der Waals surface area contributed by atoms with E-state index in [2.05, 4.69) is 18.7 Å². The first-order chi connectivity index (χ1) is 9.09. The van der Waals surface area contributed by atoms with E-state index in [9.17, 15) is 4.39 Å². The Morgan fingerprint density at radius 1 is 1.47 bits per heavy atom. The van der Waals surface area contributed by atoms with Crippen LogP contribution in [-0.2, 0) is 6.42 Å². The molecule has 2 N–H and O–H groups in total. The Bertz CT molecular complexity index is 421. The van der Waals surface area contributed by atoms with Crippen LogP contribution in [0.4, 0.5) is 4.39 Å². The molecule has 3 heteroatoms. The summed E-state index contributed by atoms with van der Waals surface area (Å²) in [4.78, 5) is 2.54. The molecule has 1 heterocycles. The number of benzene rings is 1. The molecule has 1 aliphatic heterocycles. The van der Waals surface area contributed by atoms with Crippen molar-refractivity contribution in [3.63, 3.8) is 0 Å². The van der Waals surface area contributed by atoms with Crippen LogP contribution in [0.5, 0.6) is 0 Å². The molecule has 2 unspecified atom stereocenters. The van der Waals surface area contributed by atoms with E-state index in [1.807, 2.05) is 6.07 Å². The van der Waals surface area contributed by atoms with E-state index in [-0.39, 0.29) is 11.4 Å². The fourth-order valence-electron chi connectivity index (χ4n) is 3.35. The SMILES string of the molecule is CCC1CCCN1C(C)(CN)Cc1cccc(F)c1. The van der Waals surface area contributed by atoms with Crippen molar-refractivity contribution in [2.45, 2.75) is 51.1 Å². The van der Waals surface area contributed by atoms with Gasteiger partial charge in [0, 0.05) is 18.1 Å². The summed E-state index contributed by atoms with van der Waals surface area (Å²) in [6.45, 7) is 6.18. The van der Waals surface area contributed by atoms with E-state index in [4.69, 9.17) is 5.73 Å². The Kier molecular flexibility index (Phi) is 4.58. The lowest BCUT2D eigenvalue weighted by Gasteiger charge is -2.42. The molecule has 2 nitrogen and oxygen atoms in total. The molecule has 1 aliphatic rings. The molecule has 1 saturated heterocycles. The average molecular weight is 264 g/mol. The molecular weight excluding hydrogens is 239 g/mol. The molecule has 2 rings (SSSR count). The molecule has 0 bridgehead atoms. The van der Waals surface area contributed by atoms with Gasteiger partial charge in [0.25, 0.3) is 0 Å². The van der Waals surface area contributed by atoms with Gasteiger partial charge in [-0.2, -0.15) is 0 Å². The van der Waals surface area contributed by atoms with Gasteiger partial charge in [0.1, 0.15) is 5.82 Å². The number of rotatable bonds is 5. The van der Waals surface area contributed by atoms with Gasteiger partial charge in [0.2, 0.25) is 0 Å². The van der Waals surface area contributed by atoms with Crippen molar-refractivity contribution in [1.82, 2.24) is 4.90 Å². The molecule has 1 aromatic carbocycles. The second-order valence-corrected chi connectivity index (χ2v) is 5.91. The van der Waals surface area contributed by atoms with Crippen molar-refractivity contribution >= 4 is 0 Å². The maximum atomic E-state index is 13.3. The predicted octanol–water partition coefficient (Wildman–Crippen LogP) is 2.96. The van der Waals surface area contributed by atoms with Crippen molar-refractivity contribution in [3.8, 4) is 0 Å². The third kappa shape index (κ3) is 3.15. The number of halogens is 1. The largest absolute Gasteiger partial charge is 0.329 e. The first kappa shape index (κ1) is 14.5. The number of likely N-dealkylation sites (tertiary alicyclic amines) is 1. The summed E-state index contributed by atoms with van der Waals surface area (Å²) in [6, 6.07) is 7.53. The van der Waals surface area contributed by atoms with Crippen LogP contribution in [0.2, 0.25) is 0 Å². The Morgan fingerprint density at radius 2 is 2.26 bits per heavy atom. The van der Waals surface area contributed by atoms with E-state index >= 15 is 0 Å². The Balaban J connectivity index is 2.17. The van der Waals surface area contributed by atoms with Gasteiger partial charge in [0.15, 0.2) is 0 Å². The van der Waals surface area contributed by atoms with Gasteiger partial charge in [-0.25, -0.2) is 4.39 Å². The molecule has 0 aliphatic carbocycles. The van der Waals surface area contributed by atoms with Crippen LogP contribution in [0.25, 0.3) is 0 Å². The maximum absolute atomic E-state index is 13.3. The number of hydrogen-bond acceptors (Lipinski definition) is 2. The zero-order valence-corrected chi connectivity index (χ0v) is 12.0. The van der Waals surface area contributed by atoms with Gasteiger partial charge in [-0.15, -0.1) is 0 Å². The van der Waals surface area contributed by atoms with Crippen molar-refractivity contribution in [2.75, 3.05) is 13.1 Å². The topological polar surface area (TPSA) is 29.3 Å².